The molecular formula is C14H18N2O4. The van der Waals surface area contributed by atoms with Crippen LogP contribution in [-0.2, 0) is 11.4 Å². The second-order valence-electron chi connectivity index (χ2n) is 4.95. The van der Waals surface area contributed by atoms with Crippen molar-refractivity contribution >= 4 is 11.9 Å². The quantitative estimate of drug-likeness (QED) is 0.859. The van der Waals surface area contributed by atoms with Crippen LogP contribution in [0.4, 0.5) is 0 Å². The van der Waals surface area contributed by atoms with Crippen LogP contribution in [0, 0.1) is 0 Å². The number of nitrogens with zero attached hydrogens (tertiary/aromatic N) is 2. The van der Waals surface area contributed by atoms with Gasteiger partial charge in [-0.25, -0.2) is 0 Å². The normalized spacial score (nSPS) is 18.9. The summed E-state index contributed by atoms with van der Waals surface area (Å²) in [6, 6.07) is 2.92. The number of piperidine rings is 1. The van der Waals surface area contributed by atoms with Gasteiger partial charge in [0, 0.05) is 18.8 Å². The molecule has 1 aromatic heterocycles. The van der Waals surface area contributed by atoms with Gasteiger partial charge in [0.15, 0.2) is 0 Å². The van der Waals surface area contributed by atoms with Crippen LogP contribution >= 0.6 is 0 Å². The minimum atomic E-state index is -0.897. The standard InChI is InChI=1S/C14H18N2O4/c17-9-10-4-5-15-12(7-10)14(20)16-6-2-1-3-11(16)8-13(18)19/h4-5,7,11,17H,1-3,6,8-9H2,(H,18,19)/t11-/m1/s1. The molecule has 1 saturated heterocycles. The number of rotatable bonds is 4. The number of aliphatic carboxylic acids is 1. The maximum atomic E-state index is 12.4. The van der Waals surface area contributed by atoms with Gasteiger partial charge in [0.1, 0.15) is 5.69 Å². The van der Waals surface area contributed by atoms with Gasteiger partial charge in [0.25, 0.3) is 5.91 Å². The highest BCUT2D eigenvalue weighted by atomic mass is 16.4. The zero-order chi connectivity index (χ0) is 14.5. The molecule has 1 fully saturated rings. The van der Waals surface area contributed by atoms with Gasteiger partial charge in [-0.1, -0.05) is 0 Å². The molecule has 108 valence electrons. The lowest BCUT2D eigenvalue weighted by Crippen LogP contribution is -2.45. The summed E-state index contributed by atoms with van der Waals surface area (Å²) in [4.78, 5) is 29.0. The van der Waals surface area contributed by atoms with Crippen LogP contribution in [0.15, 0.2) is 18.3 Å². The molecule has 6 nitrogen and oxygen atoms in total. The summed E-state index contributed by atoms with van der Waals surface area (Å²) in [6.07, 6.45) is 3.96. The Morgan fingerprint density at radius 2 is 2.20 bits per heavy atom. The Bertz CT molecular complexity index is 504. The second kappa shape index (κ2) is 6.47. The number of likely N-dealkylation sites (tertiary alicyclic amines) is 1. The zero-order valence-electron chi connectivity index (χ0n) is 11.2. The summed E-state index contributed by atoms with van der Waals surface area (Å²) in [5.41, 5.74) is 0.879. The fraction of sp³-hybridized carbons (Fsp3) is 0.500. The molecule has 2 heterocycles. The Labute approximate surface area is 117 Å². The number of carbonyl (C=O) groups is 2. The SMILES string of the molecule is O=C(O)C[C@H]1CCCCN1C(=O)c1cc(CO)ccn1. The van der Waals surface area contributed by atoms with Crippen molar-refractivity contribution in [3.05, 3.63) is 29.6 Å². The minimum absolute atomic E-state index is 0.0363. The third kappa shape index (κ3) is 3.33. The molecule has 1 aromatic rings. The summed E-state index contributed by atoms with van der Waals surface area (Å²) in [7, 11) is 0. The van der Waals surface area contributed by atoms with E-state index in [4.69, 9.17) is 10.2 Å². The fourth-order valence-corrected chi connectivity index (χ4v) is 2.52. The number of aliphatic hydroxyl groups is 1. The van der Waals surface area contributed by atoms with E-state index in [0.29, 0.717) is 18.5 Å². The number of aliphatic hydroxyl groups excluding tert-OH is 1. The lowest BCUT2D eigenvalue weighted by atomic mass is 9.98. The number of hydrogen-bond donors (Lipinski definition) is 2. The molecule has 2 rings (SSSR count). The summed E-state index contributed by atoms with van der Waals surface area (Å²) in [5.74, 6) is -1.15. The number of carboxylic acid groups (broad SMARTS) is 1. The van der Waals surface area contributed by atoms with Crippen molar-refractivity contribution in [3.8, 4) is 0 Å². The van der Waals surface area contributed by atoms with Gasteiger partial charge in [-0.05, 0) is 37.0 Å². The van der Waals surface area contributed by atoms with E-state index in [2.05, 4.69) is 4.98 Å². The van der Waals surface area contributed by atoms with Crippen LogP contribution in [0.2, 0.25) is 0 Å². The second-order valence-corrected chi connectivity index (χ2v) is 4.95. The summed E-state index contributed by atoms with van der Waals surface area (Å²) < 4.78 is 0. The monoisotopic (exact) mass is 278 g/mol. The Hall–Kier alpha value is -1.95. The molecule has 20 heavy (non-hydrogen) atoms. The molecule has 0 aliphatic carbocycles. The number of pyridine rings is 1. The molecule has 2 N–H and O–H groups in total. The molecule has 1 amide bonds. The molecule has 0 aromatic carbocycles. The molecule has 0 radical (unpaired) electrons. The van der Waals surface area contributed by atoms with Crippen LogP contribution in [0.3, 0.4) is 0 Å². The van der Waals surface area contributed by atoms with Crippen molar-refractivity contribution in [1.29, 1.82) is 0 Å². The molecule has 0 spiro atoms. The fourth-order valence-electron chi connectivity index (χ4n) is 2.52. The van der Waals surface area contributed by atoms with Gasteiger partial charge in [0.05, 0.1) is 13.0 Å². The van der Waals surface area contributed by atoms with E-state index in [-0.39, 0.29) is 30.7 Å². The van der Waals surface area contributed by atoms with Gasteiger partial charge in [-0.15, -0.1) is 0 Å². The predicted molar refractivity (Wildman–Crippen MR) is 71.1 cm³/mol. The highest BCUT2D eigenvalue weighted by Gasteiger charge is 2.29. The Morgan fingerprint density at radius 3 is 2.90 bits per heavy atom. The third-order valence-corrected chi connectivity index (χ3v) is 3.52. The zero-order valence-corrected chi connectivity index (χ0v) is 11.2. The van der Waals surface area contributed by atoms with Crippen LogP contribution in [0.25, 0.3) is 0 Å². The Balaban J connectivity index is 2.18. The van der Waals surface area contributed by atoms with Crippen molar-refractivity contribution in [3.63, 3.8) is 0 Å². The smallest absolute Gasteiger partial charge is 0.305 e. The maximum Gasteiger partial charge on any atom is 0.305 e. The Kier molecular flexibility index (Phi) is 4.68. The van der Waals surface area contributed by atoms with Gasteiger partial charge < -0.3 is 15.1 Å². The molecule has 6 heteroatoms. The summed E-state index contributed by atoms with van der Waals surface area (Å²) in [6.45, 7) is 0.406. The van der Waals surface area contributed by atoms with Crippen LogP contribution in [-0.4, -0.2) is 44.6 Å². The Morgan fingerprint density at radius 1 is 1.40 bits per heavy atom. The van der Waals surface area contributed by atoms with Crippen molar-refractivity contribution in [2.45, 2.75) is 38.3 Å². The highest BCUT2D eigenvalue weighted by molar-refractivity contribution is 5.93. The van der Waals surface area contributed by atoms with Gasteiger partial charge >= 0.3 is 5.97 Å². The van der Waals surface area contributed by atoms with E-state index in [1.165, 1.54) is 6.20 Å². The number of carbonyl (C=O) groups excluding carboxylic acids is 1. The number of hydrogen-bond acceptors (Lipinski definition) is 4. The van der Waals surface area contributed by atoms with Crippen molar-refractivity contribution in [2.24, 2.45) is 0 Å². The van der Waals surface area contributed by atoms with Gasteiger partial charge in [-0.2, -0.15) is 0 Å². The maximum absolute atomic E-state index is 12.4. The average molecular weight is 278 g/mol. The molecule has 0 saturated carbocycles. The van der Waals surface area contributed by atoms with Crippen LogP contribution < -0.4 is 0 Å². The third-order valence-electron chi connectivity index (χ3n) is 3.52. The molecule has 1 atom stereocenters. The van der Waals surface area contributed by atoms with Crippen LogP contribution in [0.5, 0.6) is 0 Å². The molecule has 0 unspecified atom stereocenters. The van der Waals surface area contributed by atoms with E-state index in [9.17, 15) is 9.59 Å². The van der Waals surface area contributed by atoms with Crippen molar-refractivity contribution in [1.82, 2.24) is 9.88 Å². The summed E-state index contributed by atoms with van der Waals surface area (Å²) in [5, 5.41) is 18.0. The van der Waals surface area contributed by atoms with Gasteiger partial charge in [0.2, 0.25) is 0 Å². The predicted octanol–water partition coefficient (Wildman–Crippen LogP) is 1.04. The lowest BCUT2D eigenvalue weighted by molar-refractivity contribution is -0.138. The van der Waals surface area contributed by atoms with Gasteiger partial charge in [-0.3, -0.25) is 14.6 Å². The van der Waals surface area contributed by atoms with Crippen LogP contribution in [0.1, 0.15) is 41.7 Å². The van der Waals surface area contributed by atoms with E-state index < -0.39 is 5.97 Å². The topological polar surface area (TPSA) is 90.7 Å². The lowest BCUT2D eigenvalue weighted by Gasteiger charge is -2.34. The van der Waals surface area contributed by atoms with E-state index in [1.807, 2.05) is 0 Å². The van der Waals surface area contributed by atoms with E-state index in [0.717, 1.165) is 12.8 Å². The van der Waals surface area contributed by atoms with Crippen molar-refractivity contribution in [2.75, 3.05) is 6.54 Å². The number of aromatic nitrogens is 1. The first-order valence-corrected chi connectivity index (χ1v) is 6.70. The first kappa shape index (κ1) is 14.5. The molecular weight excluding hydrogens is 260 g/mol. The molecule has 1 aliphatic heterocycles. The summed E-state index contributed by atoms with van der Waals surface area (Å²) >= 11 is 0. The molecule has 1 aliphatic rings. The first-order chi connectivity index (χ1) is 9.61. The number of amides is 1. The highest BCUT2D eigenvalue weighted by Crippen LogP contribution is 2.21. The largest absolute Gasteiger partial charge is 0.481 e. The minimum Gasteiger partial charge on any atom is -0.481 e. The van der Waals surface area contributed by atoms with Crippen molar-refractivity contribution < 1.29 is 19.8 Å². The van der Waals surface area contributed by atoms with E-state index >= 15 is 0 Å². The molecule has 0 bridgehead atoms. The average Bonchev–Trinajstić information content (AvgIpc) is 2.46. The van der Waals surface area contributed by atoms with E-state index in [1.54, 1.807) is 17.0 Å². The first-order valence-electron chi connectivity index (χ1n) is 6.70. The number of carboxylic acids is 1.